The Morgan fingerprint density at radius 3 is 2.64 bits per heavy atom. The fourth-order valence-electron chi connectivity index (χ4n) is 1.88. The number of hydrogen-bond acceptors (Lipinski definition) is 6. The maximum Gasteiger partial charge on any atom is 0.224 e. The Morgan fingerprint density at radius 1 is 1.18 bits per heavy atom. The summed E-state index contributed by atoms with van der Waals surface area (Å²) in [5.41, 5.74) is 1.52. The molecule has 0 unspecified atom stereocenters. The zero-order valence-electron chi connectivity index (χ0n) is 12.9. The molecule has 0 spiro atoms. The van der Waals surface area contributed by atoms with Crippen molar-refractivity contribution < 1.29 is 0 Å². The van der Waals surface area contributed by atoms with Gasteiger partial charge < -0.3 is 15.5 Å². The lowest BCUT2D eigenvalue weighted by Crippen LogP contribution is -2.17. The van der Waals surface area contributed by atoms with E-state index in [2.05, 4.69) is 45.7 Å². The molecule has 0 saturated heterocycles. The van der Waals surface area contributed by atoms with E-state index < -0.39 is 0 Å². The van der Waals surface area contributed by atoms with Gasteiger partial charge in [-0.1, -0.05) is 0 Å². The summed E-state index contributed by atoms with van der Waals surface area (Å²) >= 11 is 0. The highest BCUT2D eigenvalue weighted by Crippen LogP contribution is 2.15. The van der Waals surface area contributed by atoms with Crippen molar-refractivity contribution in [1.29, 1.82) is 5.26 Å². The van der Waals surface area contributed by atoms with Crippen molar-refractivity contribution >= 4 is 17.5 Å². The number of nitrogens with one attached hydrogen (secondary N) is 2. The van der Waals surface area contributed by atoms with Gasteiger partial charge in [0.15, 0.2) is 0 Å². The Morgan fingerprint density at radius 2 is 1.95 bits per heavy atom. The van der Waals surface area contributed by atoms with Gasteiger partial charge in [0.25, 0.3) is 0 Å². The highest BCUT2D eigenvalue weighted by Gasteiger charge is 2.00. The van der Waals surface area contributed by atoms with Gasteiger partial charge in [0, 0.05) is 18.4 Å². The molecule has 6 heteroatoms. The Bertz CT molecular complexity index is 630. The van der Waals surface area contributed by atoms with Crippen LogP contribution in [0.2, 0.25) is 0 Å². The van der Waals surface area contributed by atoms with Crippen LogP contribution >= 0.6 is 0 Å². The molecule has 0 radical (unpaired) electrons. The number of nitrogens with zero attached hydrogens (tertiary/aromatic N) is 4. The van der Waals surface area contributed by atoms with Crippen LogP contribution in [0.5, 0.6) is 0 Å². The van der Waals surface area contributed by atoms with Crippen LogP contribution in [0.3, 0.4) is 0 Å². The van der Waals surface area contributed by atoms with E-state index in [4.69, 9.17) is 5.26 Å². The zero-order chi connectivity index (χ0) is 15.8. The van der Waals surface area contributed by atoms with Crippen molar-refractivity contribution in [2.45, 2.75) is 6.42 Å². The fraction of sp³-hybridized carbons (Fsp3) is 0.312. The molecule has 0 aliphatic rings. The van der Waals surface area contributed by atoms with Crippen LogP contribution in [-0.4, -0.2) is 42.1 Å². The molecule has 0 fully saturated rings. The average Bonchev–Trinajstić information content (AvgIpc) is 2.52. The lowest BCUT2D eigenvalue weighted by atomic mass is 10.2. The molecule has 22 heavy (non-hydrogen) atoms. The summed E-state index contributed by atoms with van der Waals surface area (Å²) in [6.07, 6.45) is 2.75. The molecule has 1 heterocycles. The molecule has 0 amide bonds. The van der Waals surface area contributed by atoms with Crippen molar-refractivity contribution in [3.05, 3.63) is 42.1 Å². The van der Waals surface area contributed by atoms with Crippen LogP contribution in [0.4, 0.5) is 17.5 Å². The Kier molecular flexibility index (Phi) is 5.69. The number of aromatic nitrogens is 2. The number of anilines is 3. The molecular formula is C16H20N6. The Hall–Kier alpha value is -2.65. The first-order valence-corrected chi connectivity index (χ1v) is 7.16. The Labute approximate surface area is 130 Å². The largest absolute Gasteiger partial charge is 0.354 e. The molecule has 2 N–H and O–H groups in total. The van der Waals surface area contributed by atoms with Gasteiger partial charge in [0.2, 0.25) is 5.95 Å². The standard InChI is InChI=1S/C16H20N6/c1-22(2)11-3-9-18-16-19-10-8-15(21-16)20-14-6-4-13(12-17)5-7-14/h4-8,10H,3,9,11H2,1-2H3,(H2,18,19,20,21). The third kappa shape index (κ3) is 5.04. The summed E-state index contributed by atoms with van der Waals surface area (Å²) in [5, 5.41) is 15.2. The monoisotopic (exact) mass is 296 g/mol. The second-order valence-corrected chi connectivity index (χ2v) is 5.16. The molecule has 0 bridgehead atoms. The molecule has 0 saturated carbocycles. The third-order valence-electron chi connectivity index (χ3n) is 3.01. The van der Waals surface area contributed by atoms with E-state index in [-0.39, 0.29) is 0 Å². The summed E-state index contributed by atoms with van der Waals surface area (Å²) in [6.45, 7) is 1.86. The number of hydrogen-bond donors (Lipinski definition) is 2. The van der Waals surface area contributed by atoms with Crippen LogP contribution < -0.4 is 10.6 Å². The predicted octanol–water partition coefficient (Wildman–Crippen LogP) is 2.46. The molecule has 2 aromatic rings. The van der Waals surface area contributed by atoms with Crippen molar-refractivity contribution in [2.24, 2.45) is 0 Å². The lowest BCUT2D eigenvalue weighted by Gasteiger charge is -2.10. The van der Waals surface area contributed by atoms with Gasteiger partial charge in [-0.2, -0.15) is 10.2 Å². The average molecular weight is 296 g/mol. The van der Waals surface area contributed by atoms with Gasteiger partial charge in [0.1, 0.15) is 5.82 Å². The van der Waals surface area contributed by atoms with Crippen molar-refractivity contribution in [2.75, 3.05) is 37.8 Å². The van der Waals surface area contributed by atoms with E-state index in [0.29, 0.717) is 11.5 Å². The highest BCUT2D eigenvalue weighted by atomic mass is 15.1. The summed E-state index contributed by atoms with van der Waals surface area (Å²) < 4.78 is 0. The van der Waals surface area contributed by atoms with E-state index in [9.17, 15) is 0 Å². The van der Waals surface area contributed by atoms with Crippen LogP contribution in [0.1, 0.15) is 12.0 Å². The predicted molar refractivity (Wildman–Crippen MR) is 88.1 cm³/mol. The van der Waals surface area contributed by atoms with E-state index >= 15 is 0 Å². The quantitative estimate of drug-likeness (QED) is 0.764. The summed E-state index contributed by atoms with van der Waals surface area (Å²) in [4.78, 5) is 10.8. The molecule has 0 aliphatic carbocycles. The highest BCUT2D eigenvalue weighted by molar-refractivity contribution is 5.57. The molecule has 0 atom stereocenters. The SMILES string of the molecule is CN(C)CCCNc1nccc(Nc2ccc(C#N)cc2)n1. The molecule has 1 aromatic carbocycles. The van der Waals surface area contributed by atoms with Crippen molar-refractivity contribution in [3.63, 3.8) is 0 Å². The molecule has 114 valence electrons. The molecule has 0 aliphatic heterocycles. The molecular weight excluding hydrogens is 276 g/mol. The van der Waals surface area contributed by atoms with Gasteiger partial charge in [-0.3, -0.25) is 0 Å². The van der Waals surface area contributed by atoms with E-state index in [0.717, 1.165) is 31.0 Å². The zero-order valence-corrected chi connectivity index (χ0v) is 12.9. The first-order valence-electron chi connectivity index (χ1n) is 7.16. The summed E-state index contributed by atoms with van der Waals surface area (Å²) in [7, 11) is 4.11. The second kappa shape index (κ2) is 7.96. The maximum absolute atomic E-state index is 8.79. The minimum absolute atomic E-state index is 0.609. The van der Waals surface area contributed by atoms with Crippen molar-refractivity contribution in [3.8, 4) is 6.07 Å². The fourth-order valence-corrected chi connectivity index (χ4v) is 1.88. The minimum Gasteiger partial charge on any atom is -0.354 e. The second-order valence-electron chi connectivity index (χ2n) is 5.16. The van der Waals surface area contributed by atoms with E-state index in [1.807, 2.05) is 18.2 Å². The number of rotatable bonds is 7. The molecule has 2 rings (SSSR count). The lowest BCUT2D eigenvalue weighted by molar-refractivity contribution is 0.405. The van der Waals surface area contributed by atoms with E-state index in [1.54, 1.807) is 18.3 Å². The third-order valence-corrected chi connectivity index (χ3v) is 3.01. The van der Waals surface area contributed by atoms with Crippen LogP contribution in [0, 0.1) is 11.3 Å². The first-order chi connectivity index (χ1) is 10.7. The number of nitriles is 1. The molecule has 1 aromatic heterocycles. The normalized spacial score (nSPS) is 10.3. The van der Waals surface area contributed by atoms with Crippen molar-refractivity contribution in [1.82, 2.24) is 14.9 Å². The topological polar surface area (TPSA) is 76.9 Å². The number of benzene rings is 1. The molecule has 6 nitrogen and oxygen atoms in total. The van der Waals surface area contributed by atoms with Gasteiger partial charge in [-0.25, -0.2) is 4.98 Å². The van der Waals surface area contributed by atoms with Gasteiger partial charge in [-0.15, -0.1) is 0 Å². The van der Waals surface area contributed by atoms with Crippen LogP contribution in [0.25, 0.3) is 0 Å². The van der Waals surface area contributed by atoms with Gasteiger partial charge in [0.05, 0.1) is 11.6 Å². The van der Waals surface area contributed by atoms with Gasteiger partial charge in [-0.05, 0) is 57.4 Å². The Balaban J connectivity index is 1.91. The maximum atomic E-state index is 8.79. The van der Waals surface area contributed by atoms with E-state index in [1.165, 1.54) is 0 Å². The smallest absolute Gasteiger partial charge is 0.224 e. The summed E-state index contributed by atoms with van der Waals surface area (Å²) in [6, 6.07) is 11.1. The van der Waals surface area contributed by atoms with Crippen LogP contribution in [-0.2, 0) is 0 Å². The minimum atomic E-state index is 0.609. The summed E-state index contributed by atoms with van der Waals surface area (Å²) in [5.74, 6) is 1.33. The first kappa shape index (κ1) is 15.7. The van der Waals surface area contributed by atoms with Crippen LogP contribution in [0.15, 0.2) is 36.5 Å². The van der Waals surface area contributed by atoms with Gasteiger partial charge >= 0.3 is 0 Å².